The molecule has 0 atom stereocenters. The second kappa shape index (κ2) is 4.49. The van der Waals surface area contributed by atoms with Gasteiger partial charge in [-0.05, 0) is 41.8 Å². The van der Waals surface area contributed by atoms with Crippen LogP contribution in [0.15, 0.2) is 42.6 Å². The second-order valence-electron chi connectivity index (χ2n) is 4.34. The molecule has 0 aliphatic heterocycles. The van der Waals surface area contributed by atoms with E-state index >= 15 is 0 Å². The van der Waals surface area contributed by atoms with Crippen molar-refractivity contribution in [2.45, 2.75) is 6.18 Å². The molecule has 3 aromatic rings. The summed E-state index contributed by atoms with van der Waals surface area (Å²) >= 11 is 1.40. The topological polar surface area (TPSA) is 38.9 Å². The van der Waals surface area contributed by atoms with Gasteiger partial charge in [-0.1, -0.05) is 0 Å². The highest BCUT2D eigenvalue weighted by atomic mass is 32.1. The van der Waals surface area contributed by atoms with E-state index in [1.54, 1.807) is 18.2 Å². The largest absolute Gasteiger partial charge is 0.416 e. The molecule has 2 aromatic heterocycles. The summed E-state index contributed by atoms with van der Waals surface area (Å²) < 4.78 is 38.8. The van der Waals surface area contributed by atoms with Crippen LogP contribution in [0.2, 0.25) is 0 Å². The number of halogens is 3. The lowest BCUT2D eigenvalue weighted by atomic mass is 10.1. The van der Waals surface area contributed by atoms with E-state index in [1.165, 1.54) is 23.6 Å². The van der Waals surface area contributed by atoms with Crippen molar-refractivity contribution in [1.29, 1.82) is 0 Å². The molecule has 0 bridgehead atoms. The van der Waals surface area contributed by atoms with Crippen molar-refractivity contribution in [2.75, 3.05) is 5.73 Å². The van der Waals surface area contributed by atoms with Crippen molar-refractivity contribution in [3.63, 3.8) is 0 Å². The summed E-state index contributed by atoms with van der Waals surface area (Å²) in [6.45, 7) is 0. The Labute approximate surface area is 116 Å². The summed E-state index contributed by atoms with van der Waals surface area (Å²) in [6.07, 6.45) is -2.80. The summed E-state index contributed by atoms with van der Waals surface area (Å²) in [5.74, 6) is 0. The second-order valence-corrected chi connectivity index (χ2v) is 5.42. The first-order chi connectivity index (χ1) is 9.43. The van der Waals surface area contributed by atoms with Crippen molar-refractivity contribution < 1.29 is 13.2 Å². The van der Waals surface area contributed by atoms with Gasteiger partial charge in [0.05, 0.1) is 28.0 Å². The van der Waals surface area contributed by atoms with Crippen molar-refractivity contribution in [3.8, 4) is 10.6 Å². The van der Waals surface area contributed by atoms with Gasteiger partial charge in [0.2, 0.25) is 0 Å². The maximum absolute atomic E-state index is 12.7. The fourth-order valence-electron chi connectivity index (χ4n) is 1.90. The first kappa shape index (κ1) is 12.9. The average Bonchev–Trinajstić information content (AvgIpc) is 2.81. The summed E-state index contributed by atoms with van der Waals surface area (Å²) in [4.78, 5) is 5.00. The predicted octanol–water partition coefficient (Wildman–Crippen LogP) is 4.56. The third-order valence-electron chi connectivity index (χ3n) is 2.88. The van der Waals surface area contributed by atoms with Crippen LogP contribution in [0.1, 0.15) is 5.56 Å². The quantitative estimate of drug-likeness (QED) is 0.714. The highest BCUT2D eigenvalue weighted by Gasteiger charge is 2.30. The molecule has 0 aliphatic carbocycles. The van der Waals surface area contributed by atoms with Crippen LogP contribution in [-0.4, -0.2) is 4.98 Å². The van der Waals surface area contributed by atoms with E-state index in [9.17, 15) is 13.2 Å². The molecule has 20 heavy (non-hydrogen) atoms. The Morgan fingerprint density at radius 3 is 2.50 bits per heavy atom. The molecule has 2 heterocycles. The van der Waals surface area contributed by atoms with E-state index in [1.807, 2.05) is 0 Å². The van der Waals surface area contributed by atoms with Crippen LogP contribution in [-0.2, 0) is 6.18 Å². The lowest BCUT2D eigenvalue weighted by Gasteiger charge is -2.05. The minimum Gasteiger partial charge on any atom is -0.397 e. The maximum atomic E-state index is 12.7. The van der Waals surface area contributed by atoms with Crippen molar-refractivity contribution in [3.05, 3.63) is 48.2 Å². The summed E-state index contributed by atoms with van der Waals surface area (Å²) in [6, 6.07) is 8.93. The fraction of sp³-hybridized carbons (Fsp3) is 0.0714. The van der Waals surface area contributed by atoms with Crippen LogP contribution in [0.25, 0.3) is 20.7 Å². The van der Waals surface area contributed by atoms with Crippen molar-refractivity contribution in [2.24, 2.45) is 0 Å². The van der Waals surface area contributed by atoms with Crippen LogP contribution in [0.3, 0.4) is 0 Å². The Hall–Kier alpha value is -2.08. The van der Waals surface area contributed by atoms with Gasteiger partial charge in [0.15, 0.2) is 0 Å². The standard InChI is InChI=1S/C14H9F3N2S/c15-14(16,17)9-1-4-12-8(5-9)6-13(20-12)11-3-2-10(18)7-19-11/h1-7H,18H2. The van der Waals surface area contributed by atoms with Crippen LogP contribution in [0.5, 0.6) is 0 Å². The molecule has 2 nitrogen and oxygen atoms in total. The zero-order valence-electron chi connectivity index (χ0n) is 10.1. The predicted molar refractivity (Wildman–Crippen MR) is 74.5 cm³/mol. The Morgan fingerprint density at radius 1 is 1.05 bits per heavy atom. The number of nitrogens with zero attached hydrogens (tertiary/aromatic N) is 1. The SMILES string of the molecule is Nc1ccc(-c2cc3cc(C(F)(F)F)ccc3s2)nc1. The van der Waals surface area contributed by atoms with E-state index in [2.05, 4.69) is 4.98 Å². The number of pyridine rings is 1. The summed E-state index contributed by atoms with van der Waals surface area (Å²) in [7, 11) is 0. The van der Waals surface area contributed by atoms with Gasteiger partial charge in [0.25, 0.3) is 0 Å². The van der Waals surface area contributed by atoms with E-state index < -0.39 is 11.7 Å². The number of benzene rings is 1. The third kappa shape index (κ3) is 2.34. The first-order valence-electron chi connectivity index (χ1n) is 5.76. The number of rotatable bonds is 1. The number of anilines is 1. The molecule has 0 saturated heterocycles. The molecular formula is C14H9F3N2S. The molecule has 0 fully saturated rings. The number of aromatic nitrogens is 1. The van der Waals surface area contributed by atoms with Crippen molar-refractivity contribution >= 4 is 27.1 Å². The zero-order valence-corrected chi connectivity index (χ0v) is 10.9. The molecule has 6 heteroatoms. The molecule has 2 N–H and O–H groups in total. The fourth-order valence-corrected chi connectivity index (χ4v) is 2.92. The average molecular weight is 294 g/mol. The Bertz CT molecular complexity index is 760. The van der Waals surface area contributed by atoms with Crippen molar-refractivity contribution in [1.82, 2.24) is 4.98 Å². The third-order valence-corrected chi connectivity index (χ3v) is 4.02. The molecule has 0 amide bonds. The number of nitrogen functional groups attached to an aromatic ring is 1. The van der Waals surface area contributed by atoms with E-state index in [0.717, 1.165) is 21.7 Å². The number of thiophene rings is 1. The molecule has 0 radical (unpaired) electrons. The lowest BCUT2D eigenvalue weighted by molar-refractivity contribution is -0.137. The molecule has 1 aromatic carbocycles. The normalized spacial score (nSPS) is 11.9. The molecule has 0 unspecified atom stereocenters. The number of nitrogens with two attached hydrogens (primary N) is 1. The monoisotopic (exact) mass is 294 g/mol. The summed E-state index contributed by atoms with van der Waals surface area (Å²) in [5, 5.41) is 0.568. The van der Waals surface area contributed by atoms with E-state index in [-0.39, 0.29) is 0 Å². The van der Waals surface area contributed by atoms with E-state index in [0.29, 0.717) is 16.8 Å². The van der Waals surface area contributed by atoms with Crippen LogP contribution in [0.4, 0.5) is 18.9 Å². The van der Waals surface area contributed by atoms with Gasteiger partial charge < -0.3 is 5.73 Å². The van der Waals surface area contributed by atoms with Gasteiger partial charge in [-0.3, -0.25) is 4.98 Å². The molecular weight excluding hydrogens is 285 g/mol. The Morgan fingerprint density at radius 2 is 1.85 bits per heavy atom. The Balaban J connectivity index is 2.09. The van der Waals surface area contributed by atoms with Crippen LogP contribution >= 0.6 is 11.3 Å². The molecule has 0 saturated carbocycles. The zero-order chi connectivity index (χ0) is 14.3. The number of alkyl halides is 3. The minimum atomic E-state index is -4.32. The minimum absolute atomic E-state index is 0.550. The van der Waals surface area contributed by atoms with Gasteiger partial charge in [-0.25, -0.2) is 0 Å². The number of hydrogen-bond donors (Lipinski definition) is 1. The van der Waals surface area contributed by atoms with Crippen LogP contribution in [0, 0.1) is 0 Å². The highest BCUT2D eigenvalue weighted by Crippen LogP contribution is 2.37. The van der Waals surface area contributed by atoms with Gasteiger partial charge in [0, 0.05) is 4.70 Å². The molecule has 0 aliphatic rings. The van der Waals surface area contributed by atoms with Gasteiger partial charge in [-0.2, -0.15) is 13.2 Å². The number of fused-ring (bicyclic) bond motifs is 1. The first-order valence-corrected chi connectivity index (χ1v) is 6.58. The number of hydrogen-bond acceptors (Lipinski definition) is 3. The summed E-state index contributed by atoms with van der Waals surface area (Å²) in [5.41, 5.74) is 6.18. The lowest BCUT2D eigenvalue weighted by Crippen LogP contribution is -2.03. The molecule has 102 valence electrons. The Kier molecular flexibility index (Phi) is 2.90. The molecule has 3 rings (SSSR count). The van der Waals surface area contributed by atoms with Gasteiger partial charge in [0.1, 0.15) is 0 Å². The van der Waals surface area contributed by atoms with E-state index in [4.69, 9.17) is 5.73 Å². The smallest absolute Gasteiger partial charge is 0.397 e. The van der Waals surface area contributed by atoms with Gasteiger partial charge >= 0.3 is 6.18 Å². The molecule has 0 spiro atoms. The van der Waals surface area contributed by atoms with Crippen LogP contribution < -0.4 is 5.73 Å². The maximum Gasteiger partial charge on any atom is 0.416 e. The van der Waals surface area contributed by atoms with Gasteiger partial charge in [-0.15, -0.1) is 11.3 Å². The highest BCUT2D eigenvalue weighted by molar-refractivity contribution is 7.22.